The highest BCUT2D eigenvalue weighted by Crippen LogP contribution is 2.60. The van der Waals surface area contributed by atoms with E-state index in [2.05, 4.69) is 15.6 Å². The quantitative estimate of drug-likeness (QED) is 0.719. The van der Waals surface area contributed by atoms with Crippen molar-refractivity contribution in [2.75, 3.05) is 6.61 Å². The van der Waals surface area contributed by atoms with E-state index in [0.717, 1.165) is 18.9 Å². The van der Waals surface area contributed by atoms with Crippen molar-refractivity contribution < 1.29 is 23.1 Å². The number of halogens is 2. The van der Waals surface area contributed by atoms with Crippen molar-refractivity contribution in [1.82, 2.24) is 15.6 Å². The van der Waals surface area contributed by atoms with E-state index in [1.807, 2.05) is 0 Å². The normalized spacial score (nSPS) is 26.8. The highest BCUT2D eigenvalue weighted by atomic mass is 35.5. The second kappa shape index (κ2) is 6.45. The Labute approximate surface area is 171 Å². The summed E-state index contributed by atoms with van der Waals surface area (Å²) >= 11 is 5.62. The van der Waals surface area contributed by atoms with Crippen LogP contribution in [-0.2, 0) is 4.79 Å². The van der Waals surface area contributed by atoms with Crippen LogP contribution in [0.1, 0.15) is 54.5 Å². The minimum atomic E-state index is -0.599. The molecule has 0 spiro atoms. The standard InChI is InChI=1S/C20H19ClFN3O4/c21-13-4-3-12(5-14(13)22)28-7-16(26)24-19-8-20(9-19,10-19)25-17(27)15-6-23-18(29-15)11-1-2-11/h3-6,11H,1-2,7-10H2,(H,24,26)(H,25,27). The van der Waals surface area contributed by atoms with E-state index in [0.29, 0.717) is 31.1 Å². The Morgan fingerprint density at radius 2 is 1.97 bits per heavy atom. The Balaban J connectivity index is 1.08. The number of benzene rings is 1. The van der Waals surface area contributed by atoms with E-state index in [4.69, 9.17) is 20.8 Å². The van der Waals surface area contributed by atoms with Gasteiger partial charge in [-0.15, -0.1) is 0 Å². The molecule has 1 aromatic carbocycles. The summed E-state index contributed by atoms with van der Waals surface area (Å²) in [5.41, 5.74) is -0.601. The first-order valence-corrected chi connectivity index (χ1v) is 9.90. The molecule has 4 aliphatic carbocycles. The van der Waals surface area contributed by atoms with Gasteiger partial charge in [0.15, 0.2) is 12.5 Å². The summed E-state index contributed by atoms with van der Waals surface area (Å²) in [5, 5.41) is 5.95. The molecule has 4 aliphatic rings. The van der Waals surface area contributed by atoms with Gasteiger partial charge in [-0.3, -0.25) is 9.59 Å². The zero-order chi connectivity index (χ0) is 20.2. The molecule has 2 amide bonds. The van der Waals surface area contributed by atoms with Gasteiger partial charge in [-0.25, -0.2) is 9.37 Å². The molecule has 4 saturated carbocycles. The van der Waals surface area contributed by atoms with Crippen LogP contribution in [0.5, 0.6) is 5.75 Å². The Hall–Kier alpha value is -2.61. The SMILES string of the molecule is O=C(COc1ccc(Cl)c(F)c1)NC12CC(NC(=O)c3cnc(C4CC4)o3)(C1)C2. The molecule has 2 aromatic rings. The van der Waals surface area contributed by atoms with Gasteiger partial charge < -0.3 is 19.8 Å². The average molecular weight is 420 g/mol. The van der Waals surface area contributed by atoms with Gasteiger partial charge in [0.2, 0.25) is 5.76 Å². The molecule has 7 nitrogen and oxygen atoms in total. The number of hydrogen-bond acceptors (Lipinski definition) is 5. The van der Waals surface area contributed by atoms with Crippen molar-refractivity contribution >= 4 is 23.4 Å². The van der Waals surface area contributed by atoms with Gasteiger partial charge in [0, 0.05) is 23.1 Å². The van der Waals surface area contributed by atoms with Gasteiger partial charge in [-0.2, -0.15) is 0 Å². The Morgan fingerprint density at radius 3 is 2.66 bits per heavy atom. The van der Waals surface area contributed by atoms with Crippen LogP contribution in [0, 0.1) is 5.82 Å². The lowest BCUT2D eigenvalue weighted by molar-refractivity contribution is -0.141. The lowest BCUT2D eigenvalue weighted by atomic mass is 9.44. The van der Waals surface area contributed by atoms with E-state index in [9.17, 15) is 14.0 Å². The van der Waals surface area contributed by atoms with Gasteiger partial charge in [-0.05, 0) is 44.2 Å². The first-order chi connectivity index (χ1) is 13.9. The van der Waals surface area contributed by atoms with Crippen molar-refractivity contribution in [1.29, 1.82) is 0 Å². The number of carbonyl (C=O) groups excluding carboxylic acids is 2. The summed E-state index contributed by atoms with van der Waals surface area (Å²) in [6.45, 7) is -0.218. The van der Waals surface area contributed by atoms with E-state index in [1.165, 1.54) is 18.3 Å². The third kappa shape index (κ3) is 3.46. The van der Waals surface area contributed by atoms with E-state index in [-0.39, 0.29) is 46.0 Å². The maximum absolute atomic E-state index is 13.4. The minimum absolute atomic E-state index is 0.00268. The molecule has 9 heteroatoms. The van der Waals surface area contributed by atoms with Gasteiger partial charge >= 0.3 is 0 Å². The Kier molecular flexibility index (Phi) is 4.10. The molecule has 2 bridgehead atoms. The summed E-state index contributed by atoms with van der Waals surface area (Å²) < 4.78 is 24.2. The van der Waals surface area contributed by atoms with Gasteiger partial charge in [0.05, 0.1) is 11.2 Å². The van der Waals surface area contributed by atoms with Crippen LogP contribution in [0.25, 0.3) is 0 Å². The molecular weight excluding hydrogens is 401 g/mol. The average Bonchev–Trinajstić information content (AvgIpc) is 3.36. The first kappa shape index (κ1) is 18.4. The van der Waals surface area contributed by atoms with Gasteiger partial charge in [0.25, 0.3) is 11.8 Å². The fourth-order valence-corrected chi connectivity index (χ4v) is 4.43. The van der Waals surface area contributed by atoms with Crippen LogP contribution >= 0.6 is 11.6 Å². The summed E-state index contributed by atoms with van der Waals surface area (Å²) in [4.78, 5) is 28.7. The van der Waals surface area contributed by atoms with E-state index in [1.54, 1.807) is 0 Å². The number of ether oxygens (including phenoxy) is 1. The maximum atomic E-state index is 13.4. The zero-order valence-electron chi connectivity index (χ0n) is 15.5. The van der Waals surface area contributed by atoms with Crippen molar-refractivity contribution in [2.24, 2.45) is 0 Å². The summed E-state index contributed by atoms with van der Waals surface area (Å²) in [7, 11) is 0. The Morgan fingerprint density at radius 1 is 1.24 bits per heavy atom. The molecule has 4 fully saturated rings. The van der Waals surface area contributed by atoms with Crippen molar-refractivity contribution in [2.45, 2.75) is 49.1 Å². The zero-order valence-corrected chi connectivity index (χ0v) is 16.2. The molecule has 0 atom stereocenters. The molecule has 0 saturated heterocycles. The Bertz CT molecular complexity index is 984. The summed E-state index contributed by atoms with van der Waals surface area (Å²) in [5.74, 6) is 0.312. The van der Waals surface area contributed by atoms with Gasteiger partial charge in [-0.1, -0.05) is 11.6 Å². The third-order valence-corrected chi connectivity index (χ3v) is 6.06. The topological polar surface area (TPSA) is 93.5 Å². The maximum Gasteiger partial charge on any atom is 0.289 e. The molecule has 1 heterocycles. The van der Waals surface area contributed by atoms with Crippen LogP contribution in [-0.4, -0.2) is 34.5 Å². The van der Waals surface area contributed by atoms with Crippen LogP contribution in [0.2, 0.25) is 5.02 Å². The molecule has 2 N–H and O–H groups in total. The number of oxazole rings is 1. The largest absolute Gasteiger partial charge is 0.484 e. The van der Waals surface area contributed by atoms with Crippen molar-refractivity contribution in [3.8, 4) is 5.75 Å². The molecule has 0 unspecified atom stereocenters. The second-order valence-electron chi connectivity index (χ2n) is 8.29. The number of nitrogens with one attached hydrogen (secondary N) is 2. The molecule has 152 valence electrons. The predicted molar refractivity (Wildman–Crippen MR) is 100 cm³/mol. The summed E-state index contributed by atoms with van der Waals surface area (Å²) in [6, 6.07) is 4.02. The number of aromatic nitrogens is 1. The number of nitrogens with zero attached hydrogens (tertiary/aromatic N) is 1. The molecule has 1 aromatic heterocycles. The molecule has 0 aliphatic heterocycles. The van der Waals surface area contributed by atoms with Gasteiger partial charge in [0.1, 0.15) is 11.6 Å². The number of amides is 2. The lowest BCUT2D eigenvalue weighted by Crippen LogP contribution is -2.84. The predicted octanol–water partition coefficient (Wildman–Crippen LogP) is 2.94. The third-order valence-electron chi connectivity index (χ3n) is 5.75. The fourth-order valence-electron chi connectivity index (χ4n) is 4.31. The van der Waals surface area contributed by atoms with E-state index >= 15 is 0 Å². The smallest absolute Gasteiger partial charge is 0.289 e. The van der Waals surface area contributed by atoms with Crippen LogP contribution in [0.15, 0.2) is 28.8 Å². The highest BCUT2D eigenvalue weighted by molar-refractivity contribution is 6.30. The first-order valence-electron chi connectivity index (χ1n) is 9.53. The second-order valence-corrected chi connectivity index (χ2v) is 8.70. The van der Waals surface area contributed by atoms with Crippen molar-refractivity contribution in [3.63, 3.8) is 0 Å². The molecular formula is C20H19ClFN3O4. The van der Waals surface area contributed by atoms with Crippen LogP contribution in [0.3, 0.4) is 0 Å². The van der Waals surface area contributed by atoms with Crippen LogP contribution < -0.4 is 15.4 Å². The molecule has 0 radical (unpaired) electrons. The molecule has 6 rings (SSSR count). The molecule has 29 heavy (non-hydrogen) atoms. The fraction of sp³-hybridized carbons (Fsp3) is 0.450. The highest BCUT2D eigenvalue weighted by Gasteiger charge is 2.69. The number of rotatable bonds is 7. The number of hydrogen-bond donors (Lipinski definition) is 2. The van der Waals surface area contributed by atoms with Crippen LogP contribution in [0.4, 0.5) is 4.39 Å². The number of carbonyl (C=O) groups is 2. The summed E-state index contributed by atoms with van der Waals surface area (Å²) in [6.07, 6.45) is 5.59. The minimum Gasteiger partial charge on any atom is -0.484 e. The monoisotopic (exact) mass is 419 g/mol. The lowest BCUT2D eigenvalue weighted by Gasteiger charge is -2.70. The van der Waals surface area contributed by atoms with E-state index < -0.39 is 5.82 Å². The van der Waals surface area contributed by atoms with Crippen molar-refractivity contribution in [3.05, 3.63) is 46.9 Å².